The summed E-state index contributed by atoms with van der Waals surface area (Å²) in [5.74, 6) is 1.87. The van der Waals surface area contributed by atoms with Crippen LogP contribution in [0.4, 0.5) is 0 Å². The van der Waals surface area contributed by atoms with Crippen LogP contribution in [0.25, 0.3) is 0 Å². The first-order chi connectivity index (χ1) is 6.29. The van der Waals surface area contributed by atoms with Crippen LogP contribution < -0.4 is 5.73 Å². The Morgan fingerprint density at radius 2 is 2.31 bits per heavy atom. The lowest BCUT2D eigenvalue weighted by Gasteiger charge is -1.93. The van der Waals surface area contributed by atoms with Crippen molar-refractivity contribution in [3.63, 3.8) is 0 Å². The molecule has 0 atom stereocenters. The van der Waals surface area contributed by atoms with Crippen LogP contribution in [0.5, 0.6) is 0 Å². The van der Waals surface area contributed by atoms with Crippen LogP contribution in [0.2, 0.25) is 0 Å². The SMILES string of the molecule is NCc1ccc(C(=O)CC2CC2)o1. The summed E-state index contributed by atoms with van der Waals surface area (Å²) >= 11 is 0. The molecule has 0 unspecified atom stereocenters. The van der Waals surface area contributed by atoms with Crippen molar-refractivity contribution >= 4 is 5.78 Å². The number of carbonyl (C=O) groups is 1. The normalized spacial score (nSPS) is 16.1. The third kappa shape index (κ3) is 1.98. The molecule has 0 saturated heterocycles. The molecule has 2 N–H and O–H groups in total. The van der Waals surface area contributed by atoms with Gasteiger partial charge in [0.2, 0.25) is 0 Å². The van der Waals surface area contributed by atoms with Gasteiger partial charge in [-0.05, 0) is 30.9 Å². The summed E-state index contributed by atoms with van der Waals surface area (Å²) in [6.07, 6.45) is 3.02. The van der Waals surface area contributed by atoms with Crippen LogP contribution in [0.3, 0.4) is 0 Å². The first kappa shape index (κ1) is 8.51. The zero-order chi connectivity index (χ0) is 9.26. The highest BCUT2D eigenvalue weighted by molar-refractivity contribution is 5.93. The monoisotopic (exact) mass is 179 g/mol. The second kappa shape index (κ2) is 3.34. The maximum absolute atomic E-state index is 11.5. The van der Waals surface area contributed by atoms with Gasteiger partial charge in [0.25, 0.3) is 0 Å². The fourth-order valence-corrected chi connectivity index (χ4v) is 1.32. The molecule has 1 fully saturated rings. The first-order valence-electron chi connectivity index (χ1n) is 4.61. The van der Waals surface area contributed by atoms with Gasteiger partial charge in [-0.3, -0.25) is 4.79 Å². The predicted octanol–water partition coefficient (Wildman–Crippen LogP) is 1.72. The van der Waals surface area contributed by atoms with Gasteiger partial charge in [-0.2, -0.15) is 0 Å². The summed E-state index contributed by atoms with van der Waals surface area (Å²) in [4.78, 5) is 11.5. The molecule has 70 valence electrons. The molecular formula is C10H13NO2. The van der Waals surface area contributed by atoms with Crippen molar-refractivity contribution < 1.29 is 9.21 Å². The van der Waals surface area contributed by atoms with Crippen LogP contribution in [0, 0.1) is 5.92 Å². The molecule has 0 bridgehead atoms. The molecule has 0 radical (unpaired) electrons. The van der Waals surface area contributed by atoms with Gasteiger partial charge in [0.05, 0.1) is 6.54 Å². The smallest absolute Gasteiger partial charge is 0.198 e. The number of ketones is 1. The summed E-state index contributed by atoms with van der Waals surface area (Å²) < 4.78 is 5.25. The molecule has 0 aliphatic heterocycles. The maximum atomic E-state index is 11.5. The Morgan fingerprint density at radius 3 is 2.85 bits per heavy atom. The van der Waals surface area contributed by atoms with Crippen LogP contribution in [0.15, 0.2) is 16.5 Å². The molecule has 0 spiro atoms. The van der Waals surface area contributed by atoms with E-state index in [2.05, 4.69) is 0 Å². The van der Waals surface area contributed by atoms with Gasteiger partial charge >= 0.3 is 0 Å². The number of hydrogen-bond donors (Lipinski definition) is 1. The van der Waals surface area contributed by atoms with E-state index in [1.54, 1.807) is 12.1 Å². The zero-order valence-corrected chi connectivity index (χ0v) is 7.45. The summed E-state index contributed by atoms with van der Waals surface area (Å²) in [5, 5.41) is 0. The van der Waals surface area contributed by atoms with Crippen molar-refractivity contribution in [3.05, 3.63) is 23.7 Å². The molecule has 3 nitrogen and oxygen atoms in total. The van der Waals surface area contributed by atoms with Gasteiger partial charge in [-0.25, -0.2) is 0 Å². The predicted molar refractivity (Wildman–Crippen MR) is 48.3 cm³/mol. The Morgan fingerprint density at radius 1 is 1.54 bits per heavy atom. The molecule has 13 heavy (non-hydrogen) atoms. The summed E-state index contributed by atoms with van der Waals surface area (Å²) in [7, 11) is 0. The average molecular weight is 179 g/mol. The third-order valence-corrected chi connectivity index (χ3v) is 2.31. The molecule has 3 heteroatoms. The highest BCUT2D eigenvalue weighted by Gasteiger charge is 2.26. The minimum absolute atomic E-state index is 0.113. The standard InChI is InChI=1S/C10H13NO2/c11-6-8-3-4-10(13-8)9(12)5-7-1-2-7/h3-4,7H,1-2,5-6,11H2. The number of rotatable bonds is 4. The molecule has 1 saturated carbocycles. The second-order valence-corrected chi connectivity index (χ2v) is 3.54. The van der Waals surface area contributed by atoms with E-state index < -0.39 is 0 Å². The minimum atomic E-state index is 0.113. The summed E-state index contributed by atoms with van der Waals surface area (Å²) in [6, 6.07) is 3.48. The third-order valence-electron chi connectivity index (χ3n) is 2.31. The molecule has 0 amide bonds. The topological polar surface area (TPSA) is 56.2 Å². The lowest BCUT2D eigenvalue weighted by Crippen LogP contribution is -1.98. The van der Waals surface area contributed by atoms with Gasteiger partial charge in [0, 0.05) is 6.42 Å². The fourth-order valence-electron chi connectivity index (χ4n) is 1.32. The summed E-state index contributed by atoms with van der Waals surface area (Å²) in [6.45, 7) is 0.358. The molecule has 1 aliphatic carbocycles. The van der Waals surface area contributed by atoms with E-state index in [9.17, 15) is 4.79 Å². The molecular weight excluding hydrogens is 166 g/mol. The van der Waals surface area contributed by atoms with E-state index in [-0.39, 0.29) is 5.78 Å². The van der Waals surface area contributed by atoms with Crippen LogP contribution >= 0.6 is 0 Å². The van der Waals surface area contributed by atoms with Gasteiger partial charge in [0.1, 0.15) is 5.76 Å². The molecule has 0 aromatic carbocycles. The Kier molecular flexibility index (Phi) is 2.19. The summed E-state index contributed by atoms with van der Waals surface area (Å²) in [5.41, 5.74) is 5.37. The highest BCUT2D eigenvalue weighted by atomic mass is 16.3. The number of furan rings is 1. The van der Waals surface area contributed by atoms with E-state index in [0.29, 0.717) is 30.4 Å². The molecule has 1 heterocycles. The highest BCUT2D eigenvalue weighted by Crippen LogP contribution is 2.33. The van der Waals surface area contributed by atoms with E-state index in [4.69, 9.17) is 10.2 Å². The first-order valence-corrected chi connectivity index (χ1v) is 4.61. The Labute approximate surface area is 76.9 Å². The van der Waals surface area contributed by atoms with Gasteiger partial charge in [0.15, 0.2) is 11.5 Å². The largest absolute Gasteiger partial charge is 0.457 e. The minimum Gasteiger partial charge on any atom is -0.457 e. The van der Waals surface area contributed by atoms with Crippen LogP contribution in [-0.4, -0.2) is 5.78 Å². The molecule has 1 aliphatic rings. The van der Waals surface area contributed by atoms with Crippen LogP contribution in [0.1, 0.15) is 35.6 Å². The Hall–Kier alpha value is -1.09. The van der Waals surface area contributed by atoms with Crippen molar-refractivity contribution in [2.75, 3.05) is 0 Å². The number of hydrogen-bond acceptors (Lipinski definition) is 3. The Balaban J connectivity index is 2.01. The Bertz CT molecular complexity index is 312. The number of Topliss-reactive ketones (excluding diaryl/α,β-unsaturated/α-hetero) is 1. The van der Waals surface area contributed by atoms with Gasteiger partial charge in [-0.15, -0.1) is 0 Å². The van der Waals surface area contributed by atoms with Crippen molar-refractivity contribution in [1.82, 2.24) is 0 Å². The van der Waals surface area contributed by atoms with E-state index in [1.807, 2.05) is 0 Å². The van der Waals surface area contributed by atoms with Crippen molar-refractivity contribution in [2.24, 2.45) is 11.7 Å². The lowest BCUT2D eigenvalue weighted by atomic mass is 10.2. The van der Waals surface area contributed by atoms with Crippen molar-refractivity contribution in [1.29, 1.82) is 0 Å². The zero-order valence-electron chi connectivity index (χ0n) is 7.45. The number of carbonyl (C=O) groups excluding carboxylic acids is 1. The van der Waals surface area contributed by atoms with Gasteiger partial charge in [-0.1, -0.05) is 0 Å². The second-order valence-electron chi connectivity index (χ2n) is 3.54. The van der Waals surface area contributed by atoms with Crippen LogP contribution in [-0.2, 0) is 6.54 Å². The number of nitrogens with two attached hydrogens (primary N) is 1. The molecule has 2 rings (SSSR count). The van der Waals surface area contributed by atoms with E-state index in [0.717, 1.165) is 0 Å². The molecule has 1 aromatic rings. The fraction of sp³-hybridized carbons (Fsp3) is 0.500. The molecule has 1 aromatic heterocycles. The quantitative estimate of drug-likeness (QED) is 0.716. The van der Waals surface area contributed by atoms with E-state index in [1.165, 1.54) is 12.8 Å². The van der Waals surface area contributed by atoms with E-state index >= 15 is 0 Å². The van der Waals surface area contributed by atoms with Crippen molar-refractivity contribution in [3.8, 4) is 0 Å². The van der Waals surface area contributed by atoms with Crippen molar-refractivity contribution in [2.45, 2.75) is 25.8 Å². The van der Waals surface area contributed by atoms with Gasteiger partial charge < -0.3 is 10.2 Å². The maximum Gasteiger partial charge on any atom is 0.198 e. The average Bonchev–Trinajstić information content (AvgIpc) is 2.82. The lowest BCUT2D eigenvalue weighted by molar-refractivity contribution is 0.0947.